The van der Waals surface area contributed by atoms with Crippen LogP contribution in [-0.4, -0.2) is 13.1 Å². The number of methoxy groups -OCH3 is 1. The van der Waals surface area contributed by atoms with E-state index >= 15 is 0 Å². The average Bonchev–Trinajstić information content (AvgIpc) is 2.40. The van der Waals surface area contributed by atoms with Crippen LogP contribution in [0.2, 0.25) is 0 Å². The van der Waals surface area contributed by atoms with E-state index in [1.165, 1.54) is 44.4 Å². The summed E-state index contributed by atoms with van der Waals surface area (Å²) in [5.74, 6) is -1.56. The highest BCUT2D eigenvalue weighted by Gasteiger charge is 2.15. The summed E-state index contributed by atoms with van der Waals surface area (Å²) in [5.41, 5.74) is 1.29. The van der Waals surface area contributed by atoms with Crippen molar-refractivity contribution in [2.75, 3.05) is 7.11 Å². The topological polar surface area (TPSA) is 26.3 Å². The van der Waals surface area contributed by atoms with Gasteiger partial charge in [0.25, 0.3) is 0 Å². The molecule has 0 heterocycles. The molecule has 19 heavy (non-hydrogen) atoms. The third-order valence-corrected chi connectivity index (χ3v) is 2.91. The van der Waals surface area contributed by atoms with E-state index in [0.717, 1.165) is 0 Å². The highest BCUT2D eigenvalue weighted by Crippen LogP contribution is 2.25. The van der Waals surface area contributed by atoms with Crippen molar-refractivity contribution in [2.45, 2.75) is 6.92 Å². The molecule has 0 fully saturated rings. The van der Waals surface area contributed by atoms with Crippen LogP contribution in [0.25, 0.3) is 11.1 Å². The lowest BCUT2D eigenvalue weighted by molar-refractivity contribution is 0.0599. The van der Waals surface area contributed by atoms with Gasteiger partial charge in [0.05, 0.1) is 12.7 Å². The molecule has 0 amide bonds. The van der Waals surface area contributed by atoms with E-state index in [1.807, 2.05) is 0 Å². The van der Waals surface area contributed by atoms with E-state index in [4.69, 9.17) is 0 Å². The fourth-order valence-electron chi connectivity index (χ4n) is 1.84. The molecule has 2 nitrogen and oxygen atoms in total. The molecular formula is C15H12F2O2. The van der Waals surface area contributed by atoms with Crippen LogP contribution >= 0.6 is 0 Å². The summed E-state index contributed by atoms with van der Waals surface area (Å²) in [4.78, 5) is 11.6. The summed E-state index contributed by atoms with van der Waals surface area (Å²) in [7, 11) is 1.23. The smallest absolute Gasteiger partial charge is 0.338 e. The summed E-state index contributed by atoms with van der Waals surface area (Å²) in [6.45, 7) is 1.50. The standard InChI is InChI=1S/C15H12F2O2/c1-9-13(15(18)19-2)7-11(8-14(9)17)10-4-3-5-12(16)6-10/h3-8H,1-2H3. The van der Waals surface area contributed by atoms with Crippen LogP contribution in [-0.2, 0) is 4.74 Å². The van der Waals surface area contributed by atoms with Crippen LogP contribution in [0.3, 0.4) is 0 Å². The van der Waals surface area contributed by atoms with Crippen LogP contribution in [0.15, 0.2) is 36.4 Å². The zero-order chi connectivity index (χ0) is 14.0. The maximum absolute atomic E-state index is 13.8. The Hall–Kier alpha value is -2.23. The van der Waals surface area contributed by atoms with Crippen LogP contribution in [0.4, 0.5) is 8.78 Å². The second kappa shape index (κ2) is 5.18. The van der Waals surface area contributed by atoms with E-state index in [2.05, 4.69) is 4.74 Å². The van der Waals surface area contributed by atoms with E-state index in [1.54, 1.807) is 6.07 Å². The van der Waals surface area contributed by atoms with Crippen LogP contribution in [0.5, 0.6) is 0 Å². The molecule has 0 saturated carbocycles. The van der Waals surface area contributed by atoms with E-state index in [0.29, 0.717) is 11.1 Å². The van der Waals surface area contributed by atoms with Gasteiger partial charge in [-0.2, -0.15) is 0 Å². The lowest BCUT2D eigenvalue weighted by Crippen LogP contribution is -2.05. The number of rotatable bonds is 2. The van der Waals surface area contributed by atoms with Crippen molar-refractivity contribution in [3.05, 3.63) is 59.2 Å². The van der Waals surface area contributed by atoms with Gasteiger partial charge in [-0.25, -0.2) is 13.6 Å². The molecule has 98 valence electrons. The molecule has 2 rings (SSSR count). The van der Waals surface area contributed by atoms with Crippen LogP contribution < -0.4 is 0 Å². The fourth-order valence-corrected chi connectivity index (χ4v) is 1.84. The number of halogens is 2. The first kappa shape index (κ1) is 13.2. The molecule has 0 spiro atoms. The van der Waals surface area contributed by atoms with Gasteiger partial charge in [0.15, 0.2) is 0 Å². The second-order valence-electron chi connectivity index (χ2n) is 4.13. The minimum absolute atomic E-state index is 0.141. The van der Waals surface area contributed by atoms with Gasteiger partial charge in [0.1, 0.15) is 11.6 Å². The van der Waals surface area contributed by atoms with Gasteiger partial charge in [-0.05, 0) is 47.9 Å². The van der Waals surface area contributed by atoms with Crippen molar-refractivity contribution >= 4 is 5.97 Å². The monoisotopic (exact) mass is 262 g/mol. The van der Waals surface area contributed by atoms with Gasteiger partial charge in [0.2, 0.25) is 0 Å². The second-order valence-corrected chi connectivity index (χ2v) is 4.13. The third-order valence-electron chi connectivity index (χ3n) is 2.91. The summed E-state index contributed by atoms with van der Waals surface area (Å²) in [6, 6.07) is 8.53. The van der Waals surface area contributed by atoms with Crippen LogP contribution in [0.1, 0.15) is 15.9 Å². The molecule has 2 aromatic rings. The number of benzene rings is 2. The molecule has 0 saturated heterocycles. The first-order chi connectivity index (χ1) is 9.02. The number of esters is 1. The molecule has 0 radical (unpaired) electrons. The molecule has 0 aromatic heterocycles. The number of hydrogen-bond donors (Lipinski definition) is 0. The van der Waals surface area contributed by atoms with Gasteiger partial charge in [-0.3, -0.25) is 0 Å². The zero-order valence-corrected chi connectivity index (χ0v) is 10.5. The summed E-state index contributed by atoms with van der Waals surface area (Å²) < 4.78 is 31.6. The number of carbonyl (C=O) groups is 1. The first-order valence-electron chi connectivity index (χ1n) is 5.67. The minimum Gasteiger partial charge on any atom is -0.465 e. The highest BCUT2D eigenvalue weighted by molar-refractivity contribution is 5.92. The number of hydrogen-bond acceptors (Lipinski definition) is 2. The van der Waals surface area contributed by atoms with E-state index in [9.17, 15) is 13.6 Å². The molecule has 0 aliphatic carbocycles. The Bertz CT molecular complexity index is 636. The van der Waals surface area contributed by atoms with Gasteiger partial charge in [0, 0.05) is 0 Å². The molecule has 0 aliphatic rings. The first-order valence-corrected chi connectivity index (χ1v) is 5.67. The lowest BCUT2D eigenvalue weighted by atomic mass is 9.99. The Morgan fingerprint density at radius 3 is 2.47 bits per heavy atom. The molecule has 4 heteroatoms. The minimum atomic E-state index is -0.616. The number of ether oxygens (including phenoxy) is 1. The maximum atomic E-state index is 13.8. The Morgan fingerprint density at radius 1 is 1.11 bits per heavy atom. The average molecular weight is 262 g/mol. The van der Waals surface area contributed by atoms with Gasteiger partial charge in [-0.1, -0.05) is 12.1 Å². The van der Waals surface area contributed by atoms with E-state index < -0.39 is 17.6 Å². The molecule has 0 bridgehead atoms. The Balaban J connectivity index is 2.60. The van der Waals surface area contributed by atoms with Crippen molar-refractivity contribution in [3.8, 4) is 11.1 Å². The number of carbonyl (C=O) groups excluding carboxylic acids is 1. The summed E-state index contributed by atoms with van der Waals surface area (Å²) in [6.07, 6.45) is 0. The van der Waals surface area contributed by atoms with Gasteiger partial charge < -0.3 is 4.74 Å². The lowest BCUT2D eigenvalue weighted by Gasteiger charge is -2.09. The highest BCUT2D eigenvalue weighted by atomic mass is 19.1. The predicted molar refractivity (Wildman–Crippen MR) is 67.9 cm³/mol. The van der Waals surface area contributed by atoms with Crippen molar-refractivity contribution in [1.82, 2.24) is 0 Å². The van der Waals surface area contributed by atoms with Crippen molar-refractivity contribution < 1.29 is 18.3 Å². The molecule has 2 aromatic carbocycles. The third kappa shape index (κ3) is 2.62. The van der Waals surface area contributed by atoms with Gasteiger partial charge >= 0.3 is 5.97 Å². The Kier molecular flexibility index (Phi) is 3.60. The fraction of sp³-hybridized carbons (Fsp3) is 0.133. The summed E-state index contributed by atoms with van der Waals surface area (Å²) in [5, 5.41) is 0. The molecular weight excluding hydrogens is 250 g/mol. The maximum Gasteiger partial charge on any atom is 0.338 e. The van der Waals surface area contributed by atoms with Crippen molar-refractivity contribution in [2.24, 2.45) is 0 Å². The Morgan fingerprint density at radius 2 is 1.84 bits per heavy atom. The normalized spacial score (nSPS) is 10.3. The summed E-state index contributed by atoms with van der Waals surface area (Å²) >= 11 is 0. The molecule has 0 unspecified atom stereocenters. The molecule has 0 N–H and O–H groups in total. The Labute approximate surface area is 109 Å². The predicted octanol–water partition coefficient (Wildman–Crippen LogP) is 3.73. The van der Waals surface area contributed by atoms with Crippen LogP contribution in [0, 0.1) is 18.6 Å². The largest absolute Gasteiger partial charge is 0.465 e. The zero-order valence-electron chi connectivity index (χ0n) is 10.5. The molecule has 0 atom stereocenters. The quantitative estimate of drug-likeness (QED) is 0.771. The van der Waals surface area contributed by atoms with Crippen molar-refractivity contribution in [1.29, 1.82) is 0 Å². The van der Waals surface area contributed by atoms with E-state index in [-0.39, 0.29) is 11.1 Å². The molecule has 0 aliphatic heterocycles. The van der Waals surface area contributed by atoms with Crippen molar-refractivity contribution in [3.63, 3.8) is 0 Å². The van der Waals surface area contributed by atoms with Gasteiger partial charge in [-0.15, -0.1) is 0 Å². The SMILES string of the molecule is COC(=O)c1cc(-c2cccc(F)c2)cc(F)c1C.